The molecule has 2 saturated carbocycles. The van der Waals surface area contributed by atoms with E-state index >= 15 is 0 Å². The topological polar surface area (TPSA) is 80.5 Å². The molecule has 0 aromatic carbocycles. The molecule has 0 radical (unpaired) electrons. The lowest BCUT2D eigenvalue weighted by atomic mass is 9.95. The highest BCUT2D eigenvalue weighted by Crippen LogP contribution is 2.45. The second-order valence-corrected chi connectivity index (χ2v) is 5.91. The van der Waals surface area contributed by atoms with Crippen molar-refractivity contribution >= 4 is 11.9 Å². The van der Waals surface area contributed by atoms with Gasteiger partial charge in [0.15, 0.2) is 0 Å². The molecule has 3 atom stereocenters. The first-order chi connectivity index (χ1) is 10.3. The third-order valence-corrected chi connectivity index (χ3v) is 4.61. The van der Waals surface area contributed by atoms with Gasteiger partial charge in [-0.1, -0.05) is 6.42 Å². The summed E-state index contributed by atoms with van der Waals surface area (Å²) in [6, 6.07) is 2.35. The van der Waals surface area contributed by atoms with Crippen molar-refractivity contribution in [1.29, 1.82) is 0 Å². The highest BCUT2D eigenvalue weighted by Gasteiger charge is 2.39. The average Bonchev–Trinajstić information content (AvgIpc) is 3.24. The zero-order valence-electron chi connectivity index (χ0n) is 12.0. The van der Waals surface area contributed by atoms with E-state index in [-0.39, 0.29) is 0 Å². The van der Waals surface area contributed by atoms with Crippen molar-refractivity contribution in [1.82, 2.24) is 24.7 Å². The van der Waals surface area contributed by atoms with Crippen LogP contribution >= 0.6 is 0 Å². The molecular formula is C14H19N7. The summed E-state index contributed by atoms with van der Waals surface area (Å²) in [4.78, 5) is 13.3. The maximum Gasteiger partial charge on any atom is 0.257 e. The Bertz CT molecular complexity index is 624. The van der Waals surface area contributed by atoms with Crippen LogP contribution in [0.25, 0.3) is 5.95 Å². The Balaban J connectivity index is 1.61. The van der Waals surface area contributed by atoms with Gasteiger partial charge in [0.1, 0.15) is 0 Å². The molecule has 3 unspecified atom stereocenters. The molecule has 110 valence electrons. The molecule has 7 heteroatoms. The van der Waals surface area contributed by atoms with Gasteiger partial charge in [-0.05, 0) is 37.2 Å². The zero-order chi connectivity index (χ0) is 14.2. The van der Waals surface area contributed by atoms with Gasteiger partial charge in [-0.3, -0.25) is 0 Å². The summed E-state index contributed by atoms with van der Waals surface area (Å²) in [5.74, 6) is 3.39. The van der Waals surface area contributed by atoms with Crippen LogP contribution in [0.3, 0.4) is 0 Å². The van der Waals surface area contributed by atoms with Gasteiger partial charge in [0.05, 0.1) is 0 Å². The van der Waals surface area contributed by atoms with Crippen molar-refractivity contribution in [2.75, 3.05) is 17.7 Å². The third kappa shape index (κ3) is 2.32. The normalized spacial score (nSPS) is 27.0. The standard InChI is InChI=1S/C14H19N7/c1-15-12-18-13(17-11-8-9-3-4-10(11)7-9)20-14(19-12)21-6-2-5-16-21/h2,5-6,9-11H,3-4,7-8H2,1H3,(H2,15,17,18,19,20). The van der Waals surface area contributed by atoms with Crippen LogP contribution in [0.15, 0.2) is 18.5 Å². The maximum absolute atomic E-state index is 4.50. The Hall–Kier alpha value is -2.18. The molecule has 2 N–H and O–H groups in total. The molecule has 21 heavy (non-hydrogen) atoms. The van der Waals surface area contributed by atoms with Crippen LogP contribution in [-0.2, 0) is 0 Å². The van der Waals surface area contributed by atoms with Gasteiger partial charge < -0.3 is 10.6 Å². The van der Waals surface area contributed by atoms with Crippen LogP contribution in [0, 0.1) is 11.8 Å². The first-order valence-corrected chi connectivity index (χ1v) is 7.52. The highest BCUT2D eigenvalue weighted by atomic mass is 15.4. The summed E-state index contributed by atoms with van der Waals surface area (Å²) in [6.45, 7) is 0. The summed E-state index contributed by atoms with van der Waals surface area (Å²) < 4.78 is 1.65. The van der Waals surface area contributed by atoms with Crippen molar-refractivity contribution in [3.8, 4) is 5.95 Å². The highest BCUT2D eigenvalue weighted by molar-refractivity contribution is 5.38. The van der Waals surface area contributed by atoms with Gasteiger partial charge in [-0.25, -0.2) is 4.68 Å². The summed E-state index contributed by atoms with van der Waals surface area (Å²) in [5.41, 5.74) is 0. The van der Waals surface area contributed by atoms with Gasteiger partial charge in [0.25, 0.3) is 5.95 Å². The minimum absolute atomic E-state index is 0.501. The number of hydrogen-bond acceptors (Lipinski definition) is 6. The van der Waals surface area contributed by atoms with Crippen LogP contribution in [-0.4, -0.2) is 37.8 Å². The lowest BCUT2D eigenvalue weighted by Crippen LogP contribution is -2.27. The fourth-order valence-electron chi connectivity index (χ4n) is 3.62. The van der Waals surface area contributed by atoms with Gasteiger partial charge in [0.2, 0.25) is 11.9 Å². The number of hydrogen-bond donors (Lipinski definition) is 2. The summed E-state index contributed by atoms with van der Waals surface area (Å²) in [5, 5.41) is 10.7. The van der Waals surface area contributed by atoms with Crippen molar-refractivity contribution in [2.45, 2.75) is 31.7 Å². The molecule has 4 rings (SSSR count). The van der Waals surface area contributed by atoms with Crippen molar-refractivity contribution < 1.29 is 0 Å². The Labute approximate surface area is 123 Å². The zero-order valence-corrected chi connectivity index (χ0v) is 12.0. The average molecular weight is 285 g/mol. The first-order valence-electron chi connectivity index (χ1n) is 7.52. The lowest BCUT2D eigenvalue weighted by Gasteiger charge is -2.23. The molecule has 2 heterocycles. The monoisotopic (exact) mass is 285 g/mol. The van der Waals surface area contributed by atoms with E-state index in [1.54, 1.807) is 10.9 Å². The molecule has 0 spiro atoms. The number of anilines is 2. The number of aromatic nitrogens is 5. The van der Waals surface area contributed by atoms with Crippen molar-refractivity contribution in [3.63, 3.8) is 0 Å². The number of fused-ring (bicyclic) bond motifs is 2. The quantitative estimate of drug-likeness (QED) is 0.890. The number of nitrogens with zero attached hydrogens (tertiary/aromatic N) is 5. The molecule has 0 amide bonds. The number of nitrogens with one attached hydrogen (secondary N) is 2. The molecule has 0 aliphatic heterocycles. The van der Waals surface area contributed by atoms with Gasteiger partial charge in [-0.2, -0.15) is 20.1 Å². The van der Waals surface area contributed by atoms with E-state index in [4.69, 9.17) is 0 Å². The lowest BCUT2D eigenvalue weighted by molar-refractivity contribution is 0.438. The largest absolute Gasteiger partial charge is 0.357 e. The van der Waals surface area contributed by atoms with E-state index in [0.29, 0.717) is 23.9 Å². The van der Waals surface area contributed by atoms with E-state index in [1.807, 2.05) is 19.3 Å². The van der Waals surface area contributed by atoms with E-state index in [0.717, 1.165) is 11.8 Å². The minimum atomic E-state index is 0.501. The SMILES string of the molecule is CNc1nc(NC2CC3CCC2C3)nc(-n2cccn2)n1. The Morgan fingerprint density at radius 1 is 1.14 bits per heavy atom. The molecule has 2 aromatic rings. The molecule has 2 aliphatic rings. The molecule has 7 nitrogen and oxygen atoms in total. The van der Waals surface area contributed by atoms with Crippen LogP contribution in [0.5, 0.6) is 0 Å². The predicted octanol–water partition coefficient (Wildman–Crippen LogP) is 1.70. The Morgan fingerprint density at radius 2 is 2.05 bits per heavy atom. The second-order valence-electron chi connectivity index (χ2n) is 5.91. The van der Waals surface area contributed by atoms with Crippen molar-refractivity contribution in [3.05, 3.63) is 18.5 Å². The molecule has 2 fully saturated rings. The molecule has 2 aromatic heterocycles. The first kappa shape index (κ1) is 12.6. The molecule has 0 saturated heterocycles. The van der Waals surface area contributed by atoms with Crippen LogP contribution in [0.4, 0.5) is 11.9 Å². The predicted molar refractivity (Wildman–Crippen MR) is 79.4 cm³/mol. The minimum Gasteiger partial charge on any atom is -0.357 e. The fourth-order valence-corrected chi connectivity index (χ4v) is 3.62. The van der Waals surface area contributed by atoms with Gasteiger partial charge >= 0.3 is 0 Å². The fraction of sp³-hybridized carbons (Fsp3) is 0.571. The summed E-state index contributed by atoms with van der Waals surface area (Å²) in [7, 11) is 1.81. The number of rotatable bonds is 4. The van der Waals surface area contributed by atoms with Crippen LogP contribution < -0.4 is 10.6 Å². The Kier molecular flexibility index (Phi) is 2.98. The van der Waals surface area contributed by atoms with Crippen LogP contribution in [0.2, 0.25) is 0 Å². The van der Waals surface area contributed by atoms with Crippen molar-refractivity contribution in [2.24, 2.45) is 11.8 Å². The van der Waals surface area contributed by atoms with E-state index in [1.165, 1.54) is 25.7 Å². The van der Waals surface area contributed by atoms with Gasteiger partial charge in [0, 0.05) is 25.5 Å². The molecular weight excluding hydrogens is 266 g/mol. The third-order valence-electron chi connectivity index (χ3n) is 4.61. The second kappa shape index (κ2) is 4.98. The molecule has 2 bridgehead atoms. The van der Waals surface area contributed by atoms with E-state index in [2.05, 4.69) is 30.7 Å². The molecule has 2 aliphatic carbocycles. The maximum atomic E-state index is 4.50. The van der Waals surface area contributed by atoms with Gasteiger partial charge in [-0.15, -0.1) is 0 Å². The summed E-state index contributed by atoms with van der Waals surface area (Å²) >= 11 is 0. The smallest absolute Gasteiger partial charge is 0.257 e. The summed E-state index contributed by atoms with van der Waals surface area (Å²) in [6.07, 6.45) is 8.86. The van der Waals surface area contributed by atoms with E-state index in [9.17, 15) is 0 Å². The van der Waals surface area contributed by atoms with E-state index < -0.39 is 0 Å². The van der Waals surface area contributed by atoms with Crippen LogP contribution in [0.1, 0.15) is 25.7 Å². The Morgan fingerprint density at radius 3 is 2.71 bits per heavy atom.